The summed E-state index contributed by atoms with van der Waals surface area (Å²) in [6.07, 6.45) is 1.97. The molecule has 0 aliphatic heterocycles. The molecule has 1 aliphatic rings. The minimum absolute atomic E-state index is 0. The van der Waals surface area contributed by atoms with E-state index >= 15 is 0 Å². The predicted molar refractivity (Wildman–Crippen MR) is 82.7 cm³/mol. The van der Waals surface area contributed by atoms with Crippen molar-refractivity contribution in [1.29, 1.82) is 0 Å². The molecule has 21 heavy (non-hydrogen) atoms. The van der Waals surface area contributed by atoms with Gasteiger partial charge in [-0.05, 0) is 49.9 Å². The van der Waals surface area contributed by atoms with Gasteiger partial charge in [-0.2, -0.15) is 0 Å². The number of hydrogen-bond acceptors (Lipinski definition) is 4. The topological polar surface area (TPSA) is 115 Å². The second kappa shape index (κ2) is 6.31. The highest BCUT2D eigenvalue weighted by Crippen LogP contribution is 2.39. The molecule has 2 rings (SSSR count). The van der Waals surface area contributed by atoms with Gasteiger partial charge < -0.3 is 11.5 Å². The summed E-state index contributed by atoms with van der Waals surface area (Å²) in [4.78, 5) is 11.1. The van der Waals surface area contributed by atoms with E-state index in [4.69, 9.17) is 11.5 Å². The van der Waals surface area contributed by atoms with E-state index in [2.05, 4.69) is 4.72 Å². The monoisotopic (exact) mass is 333 g/mol. The summed E-state index contributed by atoms with van der Waals surface area (Å²) in [5, 5.41) is 0. The van der Waals surface area contributed by atoms with Gasteiger partial charge in [-0.3, -0.25) is 4.79 Å². The van der Waals surface area contributed by atoms with Gasteiger partial charge in [0.15, 0.2) is 0 Å². The zero-order valence-electron chi connectivity index (χ0n) is 11.7. The van der Waals surface area contributed by atoms with Gasteiger partial charge in [-0.15, -0.1) is 12.4 Å². The number of amides is 1. The summed E-state index contributed by atoms with van der Waals surface area (Å²) >= 11 is 0. The van der Waals surface area contributed by atoms with Crippen LogP contribution < -0.4 is 16.2 Å². The highest BCUT2D eigenvalue weighted by Gasteiger charge is 2.43. The molecular weight excluding hydrogens is 314 g/mol. The van der Waals surface area contributed by atoms with Gasteiger partial charge >= 0.3 is 0 Å². The van der Waals surface area contributed by atoms with Crippen LogP contribution >= 0.6 is 12.4 Å². The van der Waals surface area contributed by atoms with Crippen molar-refractivity contribution in [2.75, 3.05) is 6.54 Å². The van der Waals surface area contributed by atoms with E-state index in [0.29, 0.717) is 0 Å². The maximum Gasteiger partial charge on any atom is 0.248 e. The molecule has 1 aliphatic carbocycles. The Morgan fingerprint density at radius 3 is 2.24 bits per heavy atom. The number of sulfonamides is 1. The lowest BCUT2D eigenvalue weighted by Crippen LogP contribution is -2.52. The van der Waals surface area contributed by atoms with Gasteiger partial charge in [0.2, 0.25) is 15.9 Å². The lowest BCUT2D eigenvalue weighted by molar-refractivity contribution is 0.1000. The third-order valence-corrected chi connectivity index (χ3v) is 5.35. The Labute approximate surface area is 130 Å². The van der Waals surface area contributed by atoms with Crippen LogP contribution in [0.15, 0.2) is 29.2 Å². The fourth-order valence-corrected chi connectivity index (χ4v) is 3.65. The number of carbonyl (C=O) groups is 1. The number of primary amides is 1. The van der Waals surface area contributed by atoms with Crippen LogP contribution in [0.2, 0.25) is 0 Å². The van der Waals surface area contributed by atoms with E-state index in [9.17, 15) is 13.2 Å². The van der Waals surface area contributed by atoms with Crippen molar-refractivity contribution in [3.63, 3.8) is 0 Å². The first-order chi connectivity index (χ1) is 9.28. The number of rotatable bonds is 6. The summed E-state index contributed by atoms with van der Waals surface area (Å²) in [7, 11) is -3.66. The molecule has 1 amide bonds. The average Bonchev–Trinajstić information content (AvgIpc) is 3.23. The van der Waals surface area contributed by atoms with Crippen LogP contribution in [0.25, 0.3) is 0 Å². The number of nitrogens with two attached hydrogens (primary N) is 2. The molecule has 1 aromatic rings. The van der Waals surface area contributed by atoms with Crippen molar-refractivity contribution in [3.8, 4) is 0 Å². The number of benzene rings is 1. The van der Waals surface area contributed by atoms with Gasteiger partial charge in [0, 0.05) is 17.6 Å². The molecule has 1 saturated carbocycles. The molecule has 0 saturated heterocycles. The van der Waals surface area contributed by atoms with E-state index in [1.54, 1.807) is 0 Å². The molecule has 1 atom stereocenters. The largest absolute Gasteiger partial charge is 0.366 e. The summed E-state index contributed by atoms with van der Waals surface area (Å²) in [5.41, 5.74) is 10.5. The van der Waals surface area contributed by atoms with Gasteiger partial charge in [0.1, 0.15) is 0 Å². The van der Waals surface area contributed by atoms with Gasteiger partial charge in [0.25, 0.3) is 0 Å². The number of hydrogen-bond donors (Lipinski definition) is 3. The number of halogens is 1. The second-order valence-corrected chi connectivity index (χ2v) is 7.07. The molecule has 1 fully saturated rings. The first-order valence-electron chi connectivity index (χ1n) is 6.42. The van der Waals surface area contributed by atoms with Crippen LogP contribution in [0, 0.1) is 5.92 Å². The van der Waals surface area contributed by atoms with E-state index in [0.717, 1.165) is 12.8 Å². The SMILES string of the molecule is CC(CN)(NS(=O)(=O)c1ccc(C(N)=O)cc1)C1CC1.Cl. The lowest BCUT2D eigenvalue weighted by atomic mass is 9.98. The summed E-state index contributed by atoms with van der Waals surface area (Å²) in [5.74, 6) is -0.307. The Balaban J connectivity index is 0.00000220. The number of nitrogens with one attached hydrogen (secondary N) is 1. The molecule has 8 heteroatoms. The van der Waals surface area contributed by atoms with E-state index in [1.165, 1.54) is 24.3 Å². The molecule has 0 bridgehead atoms. The van der Waals surface area contributed by atoms with E-state index in [-0.39, 0.29) is 35.3 Å². The maximum absolute atomic E-state index is 12.3. The average molecular weight is 334 g/mol. The Kier molecular flexibility index (Phi) is 5.38. The molecule has 6 nitrogen and oxygen atoms in total. The van der Waals surface area contributed by atoms with E-state index in [1.807, 2.05) is 6.92 Å². The summed E-state index contributed by atoms with van der Waals surface area (Å²) < 4.78 is 27.4. The lowest BCUT2D eigenvalue weighted by Gasteiger charge is -2.29. The Hall–Kier alpha value is -1.15. The zero-order valence-corrected chi connectivity index (χ0v) is 13.3. The van der Waals surface area contributed by atoms with Crippen LogP contribution in [-0.4, -0.2) is 26.4 Å². The van der Waals surface area contributed by atoms with Crippen molar-refractivity contribution in [3.05, 3.63) is 29.8 Å². The quantitative estimate of drug-likeness (QED) is 0.707. The van der Waals surface area contributed by atoms with Crippen molar-refractivity contribution in [1.82, 2.24) is 4.72 Å². The maximum atomic E-state index is 12.3. The Morgan fingerprint density at radius 1 is 1.33 bits per heavy atom. The Bertz CT molecular complexity index is 614. The highest BCUT2D eigenvalue weighted by atomic mass is 35.5. The third-order valence-electron chi connectivity index (χ3n) is 3.72. The summed E-state index contributed by atoms with van der Waals surface area (Å²) in [6, 6.07) is 5.53. The molecule has 0 spiro atoms. The minimum Gasteiger partial charge on any atom is -0.366 e. The second-order valence-electron chi connectivity index (χ2n) is 5.39. The van der Waals surface area contributed by atoms with Gasteiger partial charge in [-0.25, -0.2) is 13.1 Å². The molecule has 0 heterocycles. The van der Waals surface area contributed by atoms with Crippen LogP contribution in [0.3, 0.4) is 0 Å². The molecule has 0 radical (unpaired) electrons. The first kappa shape index (κ1) is 17.9. The minimum atomic E-state index is -3.66. The molecular formula is C13H20ClN3O3S. The molecule has 1 aromatic carbocycles. The Morgan fingerprint density at radius 2 is 1.86 bits per heavy atom. The van der Waals surface area contributed by atoms with Crippen molar-refractivity contribution < 1.29 is 13.2 Å². The van der Waals surface area contributed by atoms with Crippen molar-refractivity contribution in [2.24, 2.45) is 17.4 Å². The fraction of sp³-hybridized carbons (Fsp3) is 0.462. The summed E-state index contributed by atoms with van der Waals surface area (Å²) in [6.45, 7) is 2.07. The predicted octanol–water partition coefficient (Wildman–Crippen LogP) is 0.613. The molecule has 0 aromatic heterocycles. The molecule has 1 unspecified atom stereocenters. The standard InChI is InChI=1S/C13H19N3O3S.ClH/c1-13(8-14,10-4-5-10)16-20(18,19)11-6-2-9(3-7-11)12(15)17;/h2-3,6-7,10,16H,4-5,8,14H2,1H3,(H2,15,17);1H. The molecule has 5 N–H and O–H groups in total. The highest BCUT2D eigenvalue weighted by molar-refractivity contribution is 7.89. The van der Waals surface area contributed by atoms with Crippen LogP contribution in [0.5, 0.6) is 0 Å². The normalized spacial score (nSPS) is 17.6. The van der Waals surface area contributed by atoms with Crippen LogP contribution in [0.1, 0.15) is 30.1 Å². The van der Waals surface area contributed by atoms with Crippen LogP contribution in [-0.2, 0) is 10.0 Å². The molecule has 118 valence electrons. The van der Waals surface area contributed by atoms with Gasteiger partial charge in [0.05, 0.1) is 4.90 Å². The number of carbonyl (C=O) groups excluding carboxylic acids is 1. The third kappa shape index (κ3) is 3.94. The van der Waals surface area contributed by atoms with E-state index < -0.39 is 21.5 Å². The fourth-order valence-electron chi connectivity index (χ4n) is 2.18. The zero-order chi connectivity index (χ0) is 15.0. The van der Waals surface area contributed by atoms with Gasteiger partial charge in [-0.1, -0.05) is 0 Å². The first-order valence-corrected chi connectivity index (χ1v) is 7.91. The van der Waals surface area contributed by atoms with Crippen LogP contribution in [0.4, 0.5) is 0 Å². The smallest absolute Gasteiger partial charge is 0.248 e. The van der Waals surface area contributed by atoms with Crippen molar-refractivity contribution in [2.45, 2.75) is 30.2 Å². The van der Waals surface area contributed by atoms with Crippen molar-refractivity contribution >= 4 is 28.3 Å².